The van der Waals surface area contributed by atoms with Crippen LogP contribution in [0.2, 0.25) is 0 Å². The first-order valence-corrected chi connectivity index (χ1v) is 6.07. The predicted octanol–water partition coefficient (Wildman–Crippen LogP) is 0.953. The Balaban J connectivity index is 1.86. The van der Waals surface area contributed by atoms with Gasteiger partial charge in [0, 0.05) is 6.42 Å². The van der Waals surface area contributed by atoms with Crippen LogP contribution in [0, 0.1) is 11.7 Å². The van der Waals surface area contributed by atoms with Gasteiger partial charge in [-0.2, -0.15) is 4.68 Å². The third-order valence-corrected chi connectivity index (χ3v) is 3.22. The zero-order chi connectivity index (χ0) is 12.4. The Labute approximate surface area is 104 Å². The first-order valence-electron chi connectivity index (χ1n) is 6.07. The predicted molar refractivity (Wildman–Crippen MR) is 63.8 cm³/mol. The molecule has 0 bridgehead atoms. The van der Waals surface area contributed by atoms with Gasteiger partial charge >= 0.3 is 0 Å². The molecule has 94 valence electrons. The number of hydrogen-bond donors (Lipinski definition) is 1. The van der Waals surface area contributed by atoms with E-state index in [1.165, 1.54) is 12.1 Å². The fraction of sp³-hybridized carbons (Fsp3) is 0.417. The highest BCUT2D eigenvalue weighted by Crippen LogP contribution is 2.16. The third kappa shape index (κ3) is 2.24. The van der Waals surface area contributed by atoms with E-state index >= 15 is 0 Å². The molecular weight excluding hydrogens is 233 g/mol. The first kappa shape index (κ1) is 11.3. The summed E-state index contributed by atoms with van der Waals surface area (Å²) in [4.78, 5) is 0. The Morgan fingerprint density at radius 3 is 3.17 bits per heavy atom. The summed E-state index contributed by atoms with van der Waals surface area (Å²) in [6, 6.07) is 6.31. The molecule has 0 saturated carbocycles. The number of benzene rings is 1. The summed E-state index contributed by atoms with van der Waals surface area (Å²) in [6.45, 7) is 2.04. The van der Waals surface area contributed by atoms with Crippen LogP contribution >= 0.6 is 0 Å². The maximum absolute atomic E-state index is 13.2. The normalized spacial score (nSPS) is 19.3. The molecule has 1 fully saturated rings. The molecule has 1 aliphatic heterocycles. The minimum absolute atomic E-state index is 0.281. The molecule has 1 saturated heterocycles. The smallest absolute Gasteiger partial charge is 0.157 e. The number of tetrazole rings is 1. The lowest BCUT2D eigenvalue weighted by Crippen LogP contribution is -2.13. The van der Waals surface area contributed by atoms with Gasteiger partial charge in [-0.3, -0.25) is 0 Å². The van der Waals surface area contributed by atoms with Gasteiger partial charge in [0.1, 0.15) is 5.82 Å². The van der Waals surface area contributed by atoms with Gasteiger partial charge < -0.3 is 5.32 Å². The zero-order valence-corrected chi connectivity index (χ0v) is 9.88. The molecule has 18 heavy (non-hydrogen) atoms. The van der Waals surface area contributed by atoms with Crippen LogP contribution in [0.15, 0.2) is 24.3 Å². The van der Waals surface area contributed by atoms with Gasteiger partial charge in [-0.15, -0.1) is 5.10 Å². The van der Waals surface area contributed by atoms with Crippen LogP contribution in [0.25, 0.3) is 5.69 Å². The van der Waals surface area contributed by atoms with Crippen LogP contribution in [-0.2, 0) is 6.42 Å². The molecule has 2 aromatic rings. The Morgan fingerprint density at radius 1 is 1.44 bits per heavy atom. The number of halogens is 1. The Morgan fingerprint density at radius 2 is 2.39 bits per heavy atom. The van der Waals surface area contributed by atoms with Crippen molar-refractivity contribution in [2.45, 2.75) is 12.8 Å². The van der Waals surface area contributed by atoms with Crippen molar-refractivity contribution in [3.8, 4) is 5.69 Å². The molecule has 1 aromatic carbocycles. The Hall–Kier alpha value is -1.82. The van der Waals surface area contributed by atoms with E-state index in [1.807, 2.05) is 0 Å². The largest absolute Gasteiger partial charge is 0.316 e. The lowest BCUT2D eigenvalue weighted by Gasteiger charge is -2.08. The number of hydrogen-bond acceptors (Lipinski definition) is 4. The summed E-state index contributed by atoms with van der Waals surface area (Å²) in [5, 5.41) is 15.0. The van der Waals surface area contributed by atoms with Crippen LogP contribution in [0.4, 0.5) is 4.39 Å². The van der Waals surface area contributed by atoms with Crippen molar-refractivity contribution in [1.82, 2.24) is 25.5 Å². The van der Waals surface area contributed by atoms with Crippen molar-refractivity contribution >= 4 is 0 Å². The highest BCUT2D eigenvalue weighted by Gasteiger charge is 2.19. The molecule has 1 aliphatic rings. The van der Waals surface area contributed by atoms with Crippen LogP contribution in [0.1, 0.15) is 12.2 Å². The molecule has 0 amide bonds. The maximum Gasteiger partial charge on any atom is 0.157 e. The van der Waals surface area contributed by atoms with E-state index in [1.54, 1.807) is 16.8 Å². The van der Waals surface area contributed by atoms with E-state index < -0.39 is 0 Å². The van der Waals surface area contributed by atoms with Crippen LogP contribution in [-0.4, -0.2) is 33.3 Å². The molecule has 0 radical (unpaired) electrons. The van der Waals surface area contributed by atoms with E-state index in [0.29, 0.717) is 11.6 Å². The lowest BCUT2D eigenvalue weighted by atomic mass is 10.0. The summed E-state index contributed by atoms with van der Waals surface area (Å²) < 4.78 is 14.8. The number of rotatable bonds is 3. The monoisotopic (exact) mass is 247 g/mol. The van der Waals surface area contributed by atoms with Crippen molar-refractivity contribution in [2.75, 3.05) is 13.1 Å². The lowest BCUT2D eigenvalue weighted by molar-refractivity contribution is 0.550. The zero-order valence-electron chi connectivity index (χ0n) is 9.88. The molecule has 2 heterocycles. The highest BCUT2D eigenvalue weighted by atomic mass is 19.1. The minimum Gasteiger partial charge on any atom is -0.316 e. The molecule has 0 spiro atoms. The molecule has 3 rings (SSSR count). The van der Waals surface area contributed by atoms with Gasteiger partial charge in [0.25, 0.3) is 0 Å². The summed E-state index contributed by atoms with van der Waals surface area (Å²) in [7, 11) is 0. The molecule has 6 heteroatoms. The Kier molecular flexibility index (Phi) is 3.02. The second-order valence-corrected chi connectivity index (χ2v) is 4.55. The van der Waals surface area contributed by atoms with Crippen molar-refractivity contribution in [3.05, 3.63) is 35.9 Å². The highest BCUT2D eigenvalue weighted by molar-refractivity contribution is 5.31. The Bertz CT molecular complexity index is 533. The van der Waals surface area contributed by atoms with Crippen molar-refractivity contribution < 1.29 is 4.39 Å². The molecule has 1 N–H and O–H groups in total. The van der Waals surface area contributed by atoms with Gasteiger partial charge in [0.2, 0.25) is 0 Å². The van der Waals surface area contributed by atoms with Crippen molar-refractivity contribution in [3.63, 3.8) is 0 Å². The van der Waals surface area contributed by atoms with Crippen LogP contribution in [0.5, 0.6) is 0 Å². The minimum atomic E-state index is -0.281. The third-order valence-electron chi connectivity index (χ3n) is 3.22. The maximum atomic E-state index is 13.2. The second kappa shape index (κ2) is 4.81. The molecule has 0 aliphatic carbocycles. The van der Waals surface area contributed by atoms with Gasteiger partial charge in [-0.1, -0.05) is 6.07 Å². The van der Waals surface area contributed by atoms with E-state index in [4.69, 9.17) is 0 Å². The number of nitrogens with zero attached hydrogens (tertiary/aromatic N) is 4. The van der Waals surface area contributed by atoms with Crippen LogP contribution in [0.3, 0.4) is 0 Å². The fourth-order valence-electron chi connectivity index (χ4n) is 2.29. The first-order chi connectivity index (χ1) is 8.83. The fourth-order valence-corrected chi connectivity index (χ4v) is 2.29. The summed E-state index contributed by atoms with van der Waals surface area (Å²) in [6.07, 6.45) is 1.95. The van der Waals surface area contributed by atoms with E-state index in [9.17, 15) is 4.39 Å². The quantitative estimate of drug-likeness (QED) is 0.877. The second-order valence-electron chi connectivity index (χ2n) is 4.55. The molecule has 5 nitrogen and oxygen atoms in total. The van der Waals surface area contributed by atoms with Gasteiger partial charge in [-0.05, 0) is 54.1 Å². The SMILES string of the molecule is Fc1cccc(-n2nnnc2CC2CCNC2)c1. The molecule has 1 aromatic heterocycles. The van der Waals surface area contributed by atoms with E-state index in [0.717, 1.165) is 31.8 Å². The molecular formula is C12H14FN5. The van der Waals surface area contributed by atoms with E-state index in [-0.39, 0.29) is 5.82 Å². The summed E-state index contributed by atoms with van der Waals surface area (Å²) in [5.74, 6) is 1.06. The van der Waals surface area contributed by atoms with Crippen molar-refractivity contribution in [2.24, 2.45) is 5.92 Å². The molecule has 1 unspecified atom stereocenters. The number of aromatic nitrogens is 4. The standard InChI is InChI=1S/C12H14FN5/c13-10-2-1-3-11(7-10)18-12(15-16-17-18)6-9-4-5-14-8-9/h1-3,7,9,14H,4-6,8H2. The topological polar surface area (TPSA) is 55.6 Å². The van der Waals surface area contributed by atoms with Gasteiger partial charge in [-0.25, -0.2) is 4.39 Å². The average Bonchev–Trinajstić information content (AvgIpc) is 3.01. The average molecular weight is 247 g/mol. The summed E-state index contributed by atoms with van der Waals surface area (Å²) >= 11 is 0. The number of nitrogens with one attached hydrogen (secondary N) is 1. The molecule has 1 atom stereocenters. The van der Waals surface area contributed by atoms with E-state index in [2.05, 4.69) is 20.8 Å². The van der Waals surface area contributed by atoms with Gasteiger partial charge in [0.15, 0.2) is 5.82 Å². The van der Waals surface area contributed by atoms with Crippen LogP contribution < -0.4 is 5.32 Å². The van der Waals surface area contributed by atoms with Crippen molar-refractivity contribution in [1.29, 1.82) is 0 Å². The van der Waals surface area contributed by atoms with Gasteiger partial charge in [0.05, 0.1) is 5.69 Å². The summed E-state index contributed by atoms with van der Waals surface area (Å²) in [5.41, 5.74) is 0.668.